The van der Waals surface area contributed by atoms with Crippen LogP contribution in [0.15, 0.2) is 53.5 Å². The minimum absolute atomic E-state index is 0.101. The Morgan fingerprint density at radius 3 is 2.88 bits per heavy atom. The predicted molar refractivity (Wildman–Crippen MR) is 93.9 cm³/mol. The van der Waals surface area contributed by atoms with Crippen LogP contribution in [0.5, 0.6) is 0 Å². The Morgan fingerprint density at radius 1 is 1.24 bits per heavy atom. The molecule has 2 aromatic carbocycles. The Kier molecular flexibility index (Phi) is 4.88. The SMILES string of the molecule is Cc1ccc(F)cc1CC(=O)NCCn1ncc2ccccc2c1=O. The van der Waals surface area contributed by atoms with Gasteiger partial charge in [0.2, 0.25) is 5.91 Å². The van der Waals surface area contributed by atoms with E-state index in [1.165, 1.54) is 16.8 Å². The first-order valence-electron chi connectivity index (χ1n) is 8.01. The monoisotopic (exact) mass is 339 g/mol. The van der Waals surface area contributed by atoms with Crippen molar-refractivity contribution in [3.05, 3.63) is 76.0 Å². The van der Waals surface area contributed by atoms with Crippen LogP contribution in [0.4, 0.5) is 4.39 Å². The Hall–Kier alpha value is -3.02. The maximum Gasteiger partial charge on any atom is 0.274 e. The molecule has 1 amide bonds. The molecule has 0 aliphatic heterocycles. The normalized spacial score (nSPS) is 10.8. The van der Waals surface area contributed by atoms with Crippen molar-refractivity contribution in [3.8, 4) is 0 Å². The number of fused-ring (bicyclic) bond motifs is 1. The summed E-state index contributed by atoms with van der Waals surface area (Å²) in [6, 6.07) is 11.6. The summed E-state index contributed by atoms with van der Waals surface area (Å²) in [5.41, 5.74) is 1.33. The molecule has 5 nitrogen and oxygen atoms in total. The highest BCUT2D eigenvalue weighted by Crippen LogP contribution is 2.10. The zero-order chi connectivity index (χ0) is 17.8. The number of halogens is 1. The van der Waals surface area contributed by atoms with E-state index in [4.69, 9.17) is 0 Å². The summed E-state index contributed by atoms with van der Waals surface area (Å²) in [5, 5.41) is 8.24. The molecular formula is C19H18FN3O2. The fraction of sp³-hybridized carbons (Fsp3) is 0.211. The van der Waals surface area contributed by atoms with Crippen molar-refractivity contribution in [2.75, 3.05) is 6.54 Å². The topological polar surface area (TPSA) is 64.0 Å². The summed E-state index contributed by atoms with van der Waals surface area (Å²) in [6.07, 6.45) is 1.73. The third kappa shape index (κ3) is 3.91. The first kappa shape index (κ1) is 16.8. The van der Waals surface area contributed by atoms with E-state index in [1.807, 2.05) is 19.1 Å². The van der Waals surface area contributed by atoms with Crippen LogP contribution in [0.2, 0.25) is 0 Å². The molecule has 0 bridgehead atoms. The number of hydrogen-bond acceptors (Lipinski definition) is 3. The predicted octanol–water partition coefficient (Wildman–Crippen LogP) is 2.20. The number of amides is 1. The van der Waals surface area contributed by atoms with Gasteiger partial charge in [-0.1, -0.05) is 24.3 Å². The zero-order valence-electron chi connectivity index (χ0n) is 13.8. The molecule has 1 heterocycles. The van der Waals surface area contributed by atoms with Gasteiger partial charge in [0.1, 0.15) is 5.82 Å². The van der Waals surface area contributed by atoms with Gasteiger partial charge < -0.3 is 5.32 Å². The molecule has 0 spiro atoms. The number of aryl methyl sites for hydroxylation is 1. The standard InChI is InChI=1S/C19H18FN3O2/c1-13-6-7-16(20)10-15(13)11-18(24)21-8-9-23-19(25)17-5-3-2-4-14(17)12-22-23/h2-7,10,12H,8-9,11H2,1H3,(H,21,24). The number of carbonyl (C=O) groups excluding carboxylic acids is 1. The summed E-state index contributed by atoms with van der Waals surface area (Å²) >= 11 is 0. The third-order valence-electron chi connectivity index (χ3n) is 4.07. The quantitative estimate of drug-likeness (QED) is 0.775. The van der Waals surface area contributed by atoms with Gasteiger partial charge in [-0.3, -0.25) is 9.59 Å². The van der Waals surface area contributed by atoms with Crippen LogP contribution in [0.25, 0.3) is 10.8 Å². The Balaban J connectivity index is 1.61. The first-order valence-corrected chi connectivity index (χ1v) is 8.01. The van der Waals surface area contributed by atoms with Crippen molar-refractivity contribution >= 4 is 16.7 Å². The van der Waals surface area contributed by atoms with Crippen LogP contribution in [0.1, 0.15) is 11.1 Å². The van der Waals surface area contributed by atoms with E-state index in [-0.39, 0.29) is 36.8 Å². The molecule has 25 heavy (non-hydrogen) atoms. The van der Waals surface area contributed by atoms with Crippen molar-refractivity contribution in [2.45, 2.75) is 19.9 Å². The van der Waals surface area contributed by atoms with Gasteiger partial charge in [-0.25, -0.2) is 9.07 Å². The molecule has 0 fully saturated rings. The van der Waals surface area contributed by atoms with Crippen molar-refractivity contribution in [3.63, 3.8) is 0 Å². The van der Waals surface area contributed by atoms with Crippen LogP contribution in [-0.4, -0.2) is 22.2 Å². The van der Waals surface area contributed by atoms with Crippen LogP contribution < -0.4 is 10.9 Å². The molecule has 0 unspecified atom stereocenters. The summed E-state index contributed by atoms with van der Waals surface area (Å²) in [6.45, 7) is 2.39. The van der Waals surface area contributed by atoms with E-state index >= 15 is 0 Å². The maximum atomic E-state index is 13.3. The molecule has 1 aromatic heterocycles. The van der Waals surface area contributed by atoms with E-state index in [2.05, 4.69) is 10.4 Å². The number of nitrogens with one attached hydrogen (secondary N) is 1. The van der Waals surface area contributed by atoms with Gasteiger partial charge >= 0.3 is 0 Å². The Labute approximate surface area is 144 Å². The maximum absolute atomic E-state index is 13.3. The van der Waals surface area contributed by atoms with Crippen LogP contribution in [0, 0.1) is 12.7 Å². The summed E-state index contributed by atoms with van der Waals surface area (Å²) < 4.78 is 14.6. The van der Waals surface area contributed by atoms with Gasteiger partial charge in [0.15, 0.2) is 0 Å². The van der Waals surface area contributed by atoms with E-state index in [1.54, 1.807) is 24.4 Å². The van der Waals surface area contributed by atoms with Crippen molar-refractivity contribution < 1.29 is 9.18 Å². The average Bonchev–Trinajstić information content (AvgIpc) is 2.60. The average molecular weight is 339 g/mol. The number of nitrogens with zero attached hydrogens (tertiary/aromatic N) is 2. The number of aromatic nitrogens is 2. The Bertz CT molecular complexity index is 982. The van der Waals surface area contributed by atoms with E-state index in [9.17, 15) is 14.0 Å². The molecule has 3 aromatic rings. The van der Waals surface area contributed by atoms with Crippen LogP contribution in [-0.2, 0) is 17.8 Å². The summed E-state index contributed by atoms with van der Waals surface area (Å²) in [5.74, 6) is -0.581. The van der Waals surface area contributed by atoms with Gasteiger partial charge in [-0.05, 0) is 36.2 Å². The van der Waals surface area contributed by atoms with Gasteiger partial charge in [0, 0.05) is 11.9 Å². The minimum Gasteiger partial charge on any atom is -0.354 e. The van der Waals surface area contributed by atoms with Gasteiger partial charge in [0.25, 0.3) is 5.56 Å². The van der Waals surface area contributed by atoms with Gasteiger partial charge in [-0.2, -0.15) is 5.10 Å². The largest absolute Gasteiger partial charge is 0.354 e. The molecule has 1 N–H and O–H groups in total. The highest BCUT2D eigenvalue weighted by Gasteiger charge is 2.08. The summed E-state index contributed by atoms with van der Waals surface area (Å²) in [4.78, 5) is 24.3. The van der Waals surface area contributed by atoms with Gasteiger partial charge in [-0.15, -0.1) is 0 Å². The second-order valence-electron chi connectivity index (χ2n) is 5.86. The van der Waals surface area contributed by atoms with E-state index < -0.39 is 0 Å². The lowest BCUT2D eigenvalue weighted by molar-refractivity contribution is -0.120. The molecule has 0 saturated heterocycles. The number of rotatable bonds is 5. The van der Waals surface area contributed by atoms with Crippen molar-refractivity contribution in [2.24, 2.45) is 0 Å². The molecule has 0 atom stereocenters. The van der Waals surface area contributed by atoms with E-state index in [0.29, 0.717) is 10.9 Å². The fourth-order valence-corrected chi connectivity index (χ4v) is 2.65. The molecular weight excluding hydrogens is 321 g/mol. The summed E-state index contributed by atoms with van der Waals surface area (Å²) in [7, 11) is 0. The minimum atomic E-state index is -0.361. The van der Waals surface area contributed by atoms with Crippen molar-refractivity contribution in [1.82, 2.24) is 15.1 Å². The highest BCUT2D eigenvalue weighted by molar-refractivity contribution is 5.80. The molecule has 0 aliphatic carbocycles. The van der Waals surface area contributed by atoms with Crippen LogP contribution >= 0.6 is 0 Å². The molecule has 128 valence electrons. The lowest BCUT2D eigenvalue weighted by atomic mass is 10.1. The molecule has 6 heteroatoms. The highest BCUT2D eigenvalue weighted by atomic mass is 19.1. The van der Waals surface area contributed by atoms with Gasteiger partial charge in [0.05, 0.1) is 24.5 Å². The second kappa shape index (κ2) is 7.25. The lowest BCUT2D eigenvalue weighted by Gasteiger charge is -2.09. The second-order valence-corrected chi connectivity index (χ2v) is 5.86. The molecule has 0 saturated carbocycles. The smallest absolute Gasteiger partial charge is 0.274 e. The van der Waals surface area contributed by atoms with E-state index in [0.717, 1.165) is 10.9 Å². The third-order valence-corrected chi connectivity index (χ3v) is 4.07. The Morgan fingerprint density at radius 2 is 2.04 bits per heavy atom. The molecule has 0 radical (unpaired) electrons. The number of hydrogen-bond donors (Lipinski definition) is 1. The molecule has 0 aliphatic rings. The molecule has 3 rings (SSSR count). The lowest BCUT2D eigenvalue weighted by Crippen LogP contribution is -2.32. The zero-order valence-corrected chi connectivity index (χ0v) is 13.8. The number of benzene rings is 2. The fourth-order valence-electron chi connectivity index (χ4n) is 2.65. The first-order chi connectivity index (χ1) is 12.0. The van der Waals surface area contributed by atoms with Crippen molar-refractivity contribution in [1.29, 1.82) is 0 Å². The van der Waals surface area contributed by atoms with Crippen LogP contribution in [0.3, 0.4) is 0 Å². The number of carbonyl (C=O) groups is 1.